The standard InChI is InChI=1S/C35H43N3O4S2/c1-25(2)24-42-30-19-18-27(21-26(30)3)33-28(23-38(36-33)29-15-11-10-12-16-29)22-31-34(41)37(35(43)44-31)20-14-9-7-5-4-6-8-13-17-32(39)40/h10-12,15-16,18-19,21-23,25H,4-9,13-14,17,20,24H2,1-3H3,(H,39,40)/b31-22-. The van der Waals surface area contributed by atoms with Gasteiger partial charge in [0.2, 0.25) is 0 Å². The number of carboxylic acids is 1. The number of ether oxygens (including phenoxy) is 1. The number of rotatable bonds is 17. The van der Waals surface area contributed by atoms with Crippen LogP contribution in [0.3, 0.4) is 0 Å². The van der Waals surface area contributed by atoms with Crippen LogP contribution in [-0.4, -0.2) is 49.1 Å². The van der Waals surface area contributed by atoms with Gasteiger partial charge in [-0.3, -0.25) is 14.5 Å². The third-order valence-corrected chi connectivity index (χ3v) is 8.84. The number of benzene rings is 2. The summed E-state index contributed by atoms with van der Waals surface area (Å²) in [5.74, 6) is 0.536. The minimum Gasteiger partial charge on any atom is -0.493 e. The van der Waals surface area contributed by atoms with Gasteiger partial charge >= 0.3 is 5.97 Å². The Balaban J connectivity index is 1.43. The lowest BCUT2D eigenvalue weighted by Crippen LogP contribution is -2.29. The molecular weight excluding hydrogens is 591 g/mol. The summed E-state index contributed by atoms with van der Waals surface area (Å²) < 4.78 is 8.45. The van der Waals surface area contributed by atoms with Crippen LogP contribution >= 0.6 is 24.0 Å². The lowest BCUT2D eigenvalue weighted by atomic mass is 10.0. The number of thiocarbonyl (C=S) groups is 1. The van der Waals surface area contributed by atoms with Crippen LogP contribution in [0.5, 0.6) is 5.75 Å². The van der Waals surface area contributed by atoms with Crippen molar-refractivity contribution in [1.82, 2.24) is 14.7 Å². The highest BCUT2D eigenvalue weighted by Crippen LogP contribution is 2.36. The quantitative estimate of drug-likeness (QED) is 0.0904. The molecule has 1 amide bonds. The topological polar surface area (TPSA) is 84.7 Å². The van der Waals surface area contributed by atoms with Crippen molar-refractivity contribution in [2.45, 2.75) is 78.6 Å². The molecule has 3 aromatic rings. The van der Waals surface area contributed by atoms with Crippen molar-refractivity contribution in [1.29, 1.82) is 0 Å². The first-order chi connectivity index (χ1) is 21.2. The van der Waals surface area contributed by atoms with Gasteiger partial charge in [-0.1, -0.05) is 94.6 Å². The number of hydrogen-bond acceptors (Lipinski definition) is 6. The lowest BCUT2D eigenvalue weighted by Gasteiger charge is -2.14. The molecule has 1 aromatic heterocycles. The number of nitrogens with zero attached hydrogens (tertiary/aromatic N) is 3. The summed E-state index contributed by atoms with van der Waals surface area (Å²) in [5, 5.41) is 13.7. The second-order valence-electron chi connectivity index (χ2n) is 11.7. The van der Waals surface area contributed by atoms with Crippen molar-refractivity contribution >= 4 is 46.3 Å². The Morgan fingerprint density at radius 3 is 2.36 bits per heavy atom. The van der Waals surface area contributed by atoms with Crippen molar-refractivity contribution < 1.29 is 19.4 Å². The van der Waals surface area contributed by atoms with E-state index in [1.54, 1.807) is 4.90 Å². The summed E-state index contributed by atoms with van der Waals surface area (Å²) in [6, 6.07) is 16.1. The number of amides is 1. The molecule has 0 radical (unpaired) electrons. The van der Waals surface area contributed by atoms with Crippen molar-refractivity contribution in [3.8, 4) is 22.7 Å². The van der Waals surface area contributed by atoms with Gasteiger partial charge in [-0.15, -0.1) is 0 Å². The van der Waals surface area contributed by atoms with Gasteiger partial charge in [0.15, 0.2) is 0 Å². The van der Waals surface area contributed by atoms with Gasteiger partial charge in [0.1, 0.15) is 15.8 Å². The molecule has 1 N–H and O–H groups in total. The summed E-state index contributed by atoms with van der Waals surface area (Å²) in [7, 11) is 0. The molecule has 0 saturated carbocycles. The van der Waals surface area contributed by atoms with Crippen LogP contribution in [0.25, 0.3) is 23.0 Å². The van der Waals surface area contributed by atoms with Crippen LogP contribution in [0.1, 0.15) is 82.8 Å². The molecule has 1 aliphatic heterocycles. The van der Waals surface area contributed by atoms with Gasteiger partial charge < -0.3 is 9.84 Å². The summed E-state index contributed by atoms with van der Waals surface area (Å²) >= 11 is 6.97. The molecule has 9 heteroatoms. The Bertz CT molecular complexity index is 1470. The number of thioether (sulfide) groups is 1. The number of carboxylic acid groups (broad SMARTS) is 1. The first-order valence-electron chi connectivity index (χ1n) is 15.6. The molecule has 1 aliphatic rings. The number of unbranched alkanes of at least 4 members (excludes halogenated alkanes) is 7. The predicted octanol–water partition coefficient (Wildman–Crippen LogP) is 8.68. The van der Waals surface area contributed by atoms with Gasteiger partial charge in [0.25, 0.3) is 5.91 Å². The zero-order valence-electron chi connectivity index (χ0n) is 26.0. The number of aryl methyl sites for hydroxylation is 1. The van der Waals surface area contributed by atoms with Crippen LogP contribution in [0, 0.1) is 12.8 Å². The molecule has 0 spiro atoms. The van der Waals surface area contributed by atoms with Crippen LogP contribution in [-0.2, 0) is 9.59 Å². The summed E-state index contributed by atoms with van der Waals surface area (Å²) in [5.41, 5.74) is 4.58. The summed E-state index contributed by atoms with van der Waals surface area (Å²) in [6.45, 7) is 7.58. The maximum atomic E-state index is 13.4. The molecule has 2 heterocycles. The second-order valence-corrected chi connectivity index (χ2v) is 13.4. The van der Waals surface area contributed by atoms with E-state index in [0.717, 1.165) is 85.2 Å². The number of aromatic nitrogens is 2. The molecule has 0 unspecified atom stereocenters. The van der Waals surface area contributed by atoms with E-state index in [-0.39, 0.29) is 12.3 Å². The predicted molar refractivity (Wildman–Crippen MR) is 183 cm³/mol. The van der Waals surface area contributed by atoms with Crippen molar-refractivity contribution in [3.63, 3.8) is 0 Å². The van der Waals surface area contributed by atoms with Crippen molar-refractivity contribution in [3.05, 3.63) is 70.8 Å². The van der Waals surface area contributed by atoms with Gasteiger partial charge in [-0.25, -0.2) is 4.68 Å². The largest absolute Gasteiger partial charge is 0.493 e. The number of para-hydroxylation sites is 1. The van der Waals surface area contributed by atoms with Crippen LogP contribution in [0.2, 0.25) is 0 Å². The van der Waals surface area contributed by atoms with Gasteiger partial charge in [0, 0.05) is 30.3 Å². The Morgan fingerprint density at radius 2 is 1.70 bits per heavy atom. The highest BCUT2D eigenvalue weighted by atomic mass is 32.2. The lowest BCUT2D eigenvalue weighted by molar-refractivity contribution is -0.137. The SMILES string of the molecule is Cc1cc(-c2nn(-c3ccccc3)cc2/C=C2\SC(=S)N(CCCCCCCCCCC(=O)O)C2=O)ccc1OCC(C)C. The first-order valence-corrected chi connectivity index (χ1v) is 16.8. The highest BCUT2D eigenvalue weighted by Gasteiger charge is 2.32. The Morgan fingerprint density at radius 1 is 1.02 bits per heavy atom. The molecule has 1 saturated heterocycles. The van der Waals surface area contributed by atoms with Crippen molar-refractivity contribution in [2.24, 2.45) is 5.92 Å². The highest BCUT2D eigenvalue weighted by molar-refractivity contribution is 8.26. The molecule has 234 valence electrons. The fourth-order valence-corrected chi connectivity index (χ4v) is 6.39. The third kappa shape index (κ3) is 9.53. The van der Waals surface area contributed by atoms with E-state index >= 15 is 0 Å². The number of carbonyl (C=O) groups excluding carboxylic acids is 1. The minimum atomic E-state index is -0.717. The molecule has 7 nitrogen and oxygen atoms in total. The molecule has 4 rings (SSSR count). The van der Waals surface area contributed by atoms with E-state index in [1.165, 1.54) is 11.8 Å². The Labute approximate surface area is 270 Å². The smallest absolute Gasteiger partial charge is 0.303 e. The maximum absolute atomic E-state index is 13.4. The van der Waals surface area contributed by atoms with Gasteiger partial charge in [0.05, 0.1) is 17.2 Å². The van der Waals surface area contributed by atoms with E-state index in [0.29, 0.717) is 28.3 Å². The van der Waals surface area contributed by atoms with E-state index < -0.39 is 5.97 Å². The van der Waals surface area contributed by atoms with Crippen LogP contribution < -0.4 is 4.74 Å². The number of aliphatic carboxylic acids is 1. The first kappa shape index (κ1) is 33.5. The summed E-state index contributed by atoms with van der Waals surface area (Å²) in [6.07, 6.45) is 12.2. The Kier molecular flexibility index (Phi) is 12.6. The Hall–Kier alpha value is -3.43. The van der Waals surface area contributed by atoms with Gasteiger partial charge in [-0.2, -0.15) is 5.10 Å². The number of carbonyl (C=O) groups is 2. The monoisotopic (exact) mass is 633 g/mol. The normalized spacial score (nSPS) is 14.3. The van der Waals surface area contributed by atoms with Crippen molar-refractivity contribution in [2.75, 3.05) is 13.2 Å². The molecule has 1 fully saturated rings. The van der Waals surface area contributed by atoms with Gasteiger partial charge in [-0.05, 0) is 67.7 Å². The molecule has 44 heavy (non-hydrogen) atoms. The molecular formula is C35H43N3O4S2. The van der Waals surface area contributed by atoms with Crippen LogP contribution in [0.4, 0.5) is 0 Å². The van der Waals surface area contributed by atoms with E-state index in [2.05, 4.69) is 19.9 Å². The molecule has 0 aliphatic carbocycles. The second kappa shape index (κ2) is 16.6. The molecule has 0 atom stereocenters. The van der Waals surface area contributed by atoms with E-state index in [4.69, 9.17) is 27.2 Å². The average Bonchev–Trinajstić information content (AvgIpc) is 3.53. The van der Waals surface area contributed by atoms with E-state index in [9.17, 15) is 9.59 Å². The minimum absolute atomic E-state index is 0.0505. The average molecular weight is 634 g/mol. The molecule has 0 bridgehead atoms. The fraction of sp³-hybridized carbons (Fsp3) is 0.429. The zero-order chi connectivity index (χ0) is 31.5. The zero-order valence-corrected chi connectivity index (χ0v) is 27.6. The fourth-order valence-electron chi connectivity index (χ4n) is 5.09. The van der Waals surface area contributed by atoms with E-state index in [1.807, 2.05) is 66.3 Å². The maximum Gasteiger partial charge on any atom is 0.303 e. The number of hydrogen-bond donors (Lipinski definition) is 1. The third-order valence-electron chi connectivity index (χ3n) is 7.47. The molecule has 2 aromatic carbocycles. The summed E-state index contributed by atoms with van der Waals surface area (Å²) in [4.78, 5) is 26.4. The van der Waals surface area contributed by atoms with Crippen LogP contribution in [0.15, 0.2) is 59.6 Å².